The molecule has 0 amide bonds. The molecule has 5 atom stereocenters. The monoisotopic (exact) mass is 406 g/mol. The summed E-state index contributed by atoms with van der Waals surface area (Å²) in [5.41, 5.74) is 3.99. The molecular formula is C21H30N2O6. The van der Waals surface area contributed by atoms with E-state index in [1.54, 1.807) is 0 Å². The number of nitrogens with one attached hydrogen (secondary N) is 1. The number of aromatic nitrogens is 2. The van der Waals surface area contributed by atoms with Crippen LogP contribution in [0.15, 0.2) is 24.3 Å². The fourth-order valence-electron chi connectivity index (χ4n) is 3.48. The van der Waals surface area contributed by atoms with E-state index >= 15 is 0 Å². The van der Waals surface area contributed by atoms with Crippen LogP contribution in [0.5, 0.6) is 5.88 Å². The predicted molar refractivity (Wildman–Crippen MR) is 106 cm³/mol. The van der Waals surface area contributed by atoms with E-state index in [1.165, 1.54) is 5.56 Å². The van der Waals surface area contributed by atoms with Crippen LogP contribution in [0.3, 0.4) is 0 Å². The third-order valence-electron chi connectivity index (χ3n) is 5.16. The van der Waals surface area contributed by atoms with Gasteiger partial charge in [0, 0.05) is 17.7 Å². The summed E-state index contributed by atoms with van der Waals surface area (Å²) < 4.78 is 11.1. The SMILES string of the molecule is Cc1[nH]nc(O[C@H]2O[C@H](CO)[C@@H](O)[C@H](O)[C@H]2O)c1Cc1ccc(CC(C)C)cc1. The van der Waals surface area contributed by atoms with E-state index in [2.05, 4.69) is 48.3 Å². The summed E-state index contributed by atoms with van der Waals surface area (Å²) in [6.45, 7) is 5.73. The Bertz CT molecular complexity index is 789. The predicted octanol–water partition coefficient (Wildman–Crippen LogP) is 0.686. The summed E-state index contributed by atoms with van der Waals surface area (Å²) in [6, 6.07) is 8.37. The summed E-state index contributed by atoms with van der Waals surface area (Å²) in [6.07, 6.45) is -5.11. The minimum atomic E-state index is -1.50. The average molecular weight is 406 g/mol. The number of rotatable bonds is 7. The smallest absolute Gasteiger partial charge is 0.238 e. The Morgan fingerprint density at radius 2 is 1.72 bits per heavy atom. The standard InChI is InChI=1S/C21H30N2O6/c1-11(2)8-13-4-6-14(7-5-13)9-15-12(3)22-23-20(15)29-21-19(27)18(26)17(25)16(10-24)28-21/h4-7,11,16-19,21,24-27H,8-10H2,1-3H3,(H,22,23)/t16-,17-,18+,19-,21-/m1/s1. The number of benzene rings is 1. The topological polar surface area (TPSA) is 128 Å². The maximum atomic E-state index is 10.2. The van der Waals surface area contributed by atoms with Crippen molar-refractivity contribution in [2.24, 2.45) is 5.92 Å². The van der Waals surface area contributed by atoms with Gasteiger partial charge in [-0.25, -0.2) is 0 Å². The van der Waals surface area contributed by atoms with E-state index in [1.807, 2.05) is 6.92 Å². The van der Waals surface area contributed by atoms with Crippen molar-refractivity contribution < 1.29 is 29.9 Å². The number of nitrogens with zero attached hydrogens (tertiary/aromatic N) is 1. The van der Waals surface area contributed by atoms with E-state index in [0.717, 1.165) is 23.2 Å². The molecular weight excluding hydrogens is 376 g/mol. The van der Waals surface area contributed by atoms with Crippen molar-refractivity contribution in [1.29, 1.82) is 0 Å². The van der Waals surface area contributed by atoms with E-state index < -0.39 is 37.3 Å². The number of hydrogen-bond donors (Lipinski definition) is 5. The molecule has 1 saturated heterocycles. The van der Waals surface area contributed by atoms with Gasteiger partial charge >= 0.3 is 0 Å². The molecule has 0 saturated carbocycles. The Balaban J connectivity index is 1.74. The van der Waals surface area contributed by atoms with Gasteiger partial charge in [-0.2, -0.15) is 0 Å². The number of H-pyrrole nitrogens is 1. The maximum Gasteiger partial charge on any atom is 0.238 e. The Morgan fingerprint density at radius 1 is 1.07 bits per heavy atom. The van der Waals surface area contributed by atoms with Crippen molar-refractivity contribution in [3.8, 4) is 5.88 Å². The zero-order chi connectivity index (χ0) is 21.1. The van der Waals surface area contributed by atoms with Crippen molar-refractivity contribution in [3.05, 3.63) is 46.6 Å². The minimum absolute atomic E-state index is 0.248. The Hall–Kier alpha value is -1.97. The second kappa shape index (κ2) is 9.23. The van der Waals surface area contributed by atoms with Gasteiger partial charge in [0.15, 0.2) is 0 Å². The molecule has 2 aromatic rings. The highest BCUT2D eigenvalue weighted by molar-refractivity contribution is 5.36. The van der Waals surface area contributed by atoms with Crippen LogP contribution in [0.4, 0.5) is 0 Å². The molecule has 1 fully saturated rings. The van der Waals surface area contributed by atoms with E-state index in [0.29, 0.717) is 12.3 Å². The first-order chi connectivity index (χ1) is 13.8. The third kappa shape index (κ3) is 4.96. The van der Waals surface area contributed by atoms with Crippen LogP contribution in [0.1, 0.15) is 36.2 Å². The van der Waals surface area contributed by atoms with Gasteiger partial charge in [-0.1, -0.05) is 38.1 Å². The van der Waals surface area contributed by atoms with Crippen molar-refractivity contribution >= 4 is 0 Å². The maximum absolute atomic E-state index is 10.2. The van der Waals surface area contributed by atoms with Crippen LogP contribution in [0, 0.1) is 12.8 Å². The van der Waals surface area contributed by atoms with Crippen molar-refractivity contribution in [2.45, 2.75) is 64.3 Å². The molecule has 0 aliphatic carbocycles. The van der Waals surface area contributed by atoms with E-state index in [4.69, 9.17) is 9.47 Å². The van der Waals surface area contributed by atoms with Crippen LogP contribution in [-0.4, -0.2) is 67.9 Å². The van der Waals surface area contributed by atoms with Gasteiger partial charge < -0.3 is 29.9 Å². The van der Waals surface area contributed by atoms with Crippen molar-refractivity contribution in [1.82, 2.24) is 10.2 Å². The summed E-state index contributed by atoms with van der Waals surface area (Å²) in [4.78, 5) is 0. The molecule has 8 heteroatoms. The fraction of sp³-hybridized carbons (Fsp3) is 0.571. The van der Waals surface area contributed by atoms with Gasteiger partial charge in [0.05, 0.1) is 6.61 Å². The molecule has 1 aromatic carbocycles. The summed E-state index contributed by atoms with van der Waals surface area (Å²) in [5.74, 6) is 0.841. The number of aryl methyl sites for hydroxylation is 1. The van der Waals surface area contributed by atoms with Gasteiger partial charge in [0.25, 0.3) is 0 Å². The highest BCUT2D eigenvalue weighted by Crippen LogP contribution is 2.28. The second-order valence-corrected chi connectivity index (χ2v) is 8.04. The van der Waals surface area contributed by atoms with E-state index in [-0.39, 0.29) is 5.88 Å². The number of hydrogen-bond acceptors (Lipinski definition) is 7. The van der Waals surface area contributed by atoms with Crippen molar-refractivity contribution in [2.75, 3.05) is 6.61 Å². The largest absolute Gasteiger partial charge is 0.443 e. The van der Waals surface area contributed by atoms with Crippen LogP contribution in [-0.2, 0) is 17.6 Å². The van der Waals surface area contributed by atoms with Crippen LogP contribution >= 0.6 is 0 Å². The molecule has 0 radical (unpaired) electrons. The first-order valence-electron chi connectivity index (χ1n) is 9.89. The lowest BCUT2D eigenvalue weighted by molar-refractivity contribution is -0.278. The number of ether oxygens (including phenoxy) is 2. The molecule has 3 rings (SSSR count). The van der Waals surface area contributed by atoms with Crippen molar-refractivity contribution in [3.63, 3.8) is 0 Å². The molecule has 1 aromatic heterocycles. The quantitative estimate of drug-likeness (QED) is 0.458. The van der Waals surface area contributed by atoms with Crippen LogP contribution in [0.25, 0.3) is 0 Å². The zero-order valence-electron chi connectivity index (χ0n) is 16.9. The summed E-state index contributed by atoms with van der Waals surface area (Å²) >= 11 is 0. The highest BCUT2D eigenvalue weighted by atomic mass is 16.7. The van der Waals surface area contributed by atoms with Gasteiger partial charge in [-0.15, -0.1) is 5.10 Å². The third-order valence-corrected chi connectivity index (χ3v) is 5.16. The molecule has 160 valence electrons. The second-order valence-electron chi connectivity index (χ2n) is 8.04. The lowest BCUT2D eigenvalue weighted by atomic mass is 9.99. The Kier molecular flexibility index (Phi) is 6.92. The molecule has 2 heterocycles. The molecule has 0 spiro atoms. The minimum Gasteiger partial charge on any atom is -0.443 e. The molecule has 0 bridgehead atoms. The van der Waals surface area contributed by atoms with Gasteiger partial charge in [-0.3, -0.25) is 5.10 Å². The molecule has 5 N–H and O–H groups in total. The Labute approximate surface area is 170 Å². The molecule has 0 unspecified atom stereocenters. The zero-order valence-corrected chi connectivity index (χ0v) is 16.9. The fourth-order valence-corrected chi connectivity index (χ4v) is 3.48. The first kappa shape index (κ1) is 21.7. The lowest BCUT2D eigenvalue weighted by Crippen LogP contribution is -2.60. The van der Waals surface area contributed by atoms with Gasteiger partial charge in [0.2, 0.25) is 12.2 Å². The molecule has 1 aliphatic rings. The summed E-state index contributed by atoms with van der Waals surface area (Å²) in [7, 11) is 0. The normalized spacial score (nSPS) is 27.4. The number of aliphatic hydroxyl groups excluding tert-OH is 4. The molecule has 8 nitrogen and oxygen atoms in total. The molecule has 29 heavy (non-hydrogen) atoms. The Morgan fingerprint density at radius 3 is 2.34 bits per heavy atom. The summed E-state index contributed by atoms with van der Waals surface area (Å²) in [5, 5.41) is 46.4. The lowest BCUT2D eigenvalue weighted by Gasteiger charge is -2.39. The van der Waals surface area contributed by atoms with Crippen LogP contribution in [0.2, 0.25) is 0 Å². The van der Waals surface area contributed by atoms with Crippen LogP contribution < -0.4 is 4.74 Å². The average Bonchev–Trinajstić information content (AvgIpc) is 3.03. The molecule has 1 aliphatic heterocycles. The number of aromatic amines is 1. The highest BCUT2D eigenvalue weighted by Gasteiger charge is 2.45. The number of aliphatic hydroxyl groups is 4. The van der Waals surface area contributed by atoms with Gasteiger partial charge in [0.1, 0.15) is 24.4 Å². The van der Waals surface area contributed by atoms with E-state index in [9.17, 15) is 20.4 Å². The first-order valence-corrected chi connectivity index (χ1v) is 9.89. The van der Waals surface area contributed by atoms with Gasteiger partial charge in [-0.05, 0) is 30.4 Å².